The summed E-state index contributed by atoms with van der Waals surface area (Å²) >= 11 is 0. The van der Waals surface area contributed by atoms with Gasteiger partial charge in [-0.2, -0.15) is 0 Å². The maximum Gasteiger partial charge on any atom is 3.00 e. The summed E-state index contributed by atoms with van der Waals surface area (Å²) in [7, 11) is 0. The normalized spacial score (nSPS) is 8.37. The number of hydrogen-bond acceptors (Lipinski definition) is 20. The van der Waals surface area contributed by atoms with Crippen LogP contribution >= 0.6 is 0 Å². The molecule has 0 aromatic carbocycles. The van der Waals surface area contributed by atoms with Crippen LogP contribution in [0.5, 0.6) is 0 Å². The quantitative estimate of drug-likeness (QED) is 0.0789. The molecule has 20 nitrogen and oxygen atoms in total. The number of hydrogen-bond donors (Lipinski definition) is 2. The fourth-order valence-electron chi connectivity index (χ4n) is 1.86. The molecule has 21 heteroatoms. The molecule has 0 aliphatic carbocycles. The Kier molecular flexibility index (Phi) is 68.8. The van der Waals surface area contributed by atoms with E-state index in [1.54, 1.807) is 48.5 Å². The molecule has 0 amide bonds. The van der Waals surface area contributed by atoms with Crippen molar-refractivity contribution in [1.29, 1.82) is 0 Å². The number of ketones is 6. The van der Waals surface area contributed by atoms with E-state index in [1.807, 2.05) is 0 Å². The second-order valence-electron chi connectivity index (χ2n) is 11.0. The maximum absolute atomic E-state index is 10.4. The van der Waals surface area contributed by atoms with Gasteiger partial charge in [0.1, 0.15) is 54.0 Å². The molecule has 0 radical (unpaired) electrons. The third-order valence-corrected chi connectivity index (χ3v) is 3.28. The van der Waals surface area contributed by atoms with E-state index in [0.717, 1.165) is 0 Å². The van der Waals surface area contributed by atoms with Crippen molar-refractivity contribution in [2.75, 3.05) is 19.8 Å². The number of Topliss-reactive ketones (excluding diaryl/α,β-unsaturated/α-hetero) is 6. The molecular formula is C36H61AlO20. The van der Waals surface area contributed by atoms with Crippen molar-refractivity contribution in [3.05, 3.63) is 0 Å². The fourth-order valence-corrected chi connectivity index (χ4v) is 1.86. The fraction of sp³-hybridized carbons (Fsp3) is 0.667. The first-order valence-corrected chi connectivity index (χ1v) is 16.7. The molecule has 2 N–H and O–H groups in total. The van der Waals surface area contributed by atoms with E-state index in [4.69, 9.17) is 10.2 Å². The molecule has 0 bridgehead atoms. The first-order chi connectivity index (χ1) is 25.3. The van der Waals surface area contributed by atoms with E-state index < -0.39 is 55.1 Å². The first kappa shape index (κ1) is 73.4. The van der Waals surface area contributed by atoms with Gasteiger partial charge in [0, 0.05) is 49.4 Å². The van der Waals surface area contributed by atoms with Gasteiger partial charge >= 0.3 is 35.3 Å². The predicted octanol–water partition coefficient (Wildman–Crippen LogP) is -1.87. The molecule has 0 aliphatic heterocycles. The summed E-state index contributed by atoms with van der Waals surface area (Å²) in [5, 5.41) is 44.5. The van der Waals surface area contributed by atoms with Crippen molar-refractivity contribution in [1.82, 2.24) is 0 Å². The molecule has 0 heterocycles. The number of carboxylic acid groups (broad SMARTS) is 3. The van der Waals surface area contributed by atoms with Gasteiger partial charge in [0.2, 0.25) is 0 Å². The van der Waals surface area contributed by atoms with Gasteiger partial charge in [-0.05, 0) is 90.0 Å². The van der Waals surface area contributed by atoms with E-state index in [-0.39, 0.29) is 83.5 Å². The summed E-state index contributed by atoms with van der Waals surface area (Å²) in [6.45, 7) is 20.7. The number of carbonyl (C=O) groups excluding carboxylic acids is 12. The number of ether oxygens (including phenoxy) is 3. The molecule has 0 aliphatic rings. The maximum atomic E-state index is 10.4. The van der Waals surface area contributed by atoms with E-state index in [2.05, 4.69) is 14.2 Å². The Hall–Kier alpha value is -4.71. The Morgan fingerprint density at radius 2 is 0.509 bits per heavy atom. The second-order valence-corrected chi connectivity index (χ2v) is 11.0. The van der Waals surface area contributed by atoms with Crippen LogP contribution in [0.1, 0.15) is 129 Å². The Balaban J connectivity index is -0.0000000667. The van der Waals surface area contributed by atoms with Crippen molar-refractivity contribution in [3.8, 4) is 0 Å². The minimum atomic E-state index is -1.31. The largest absolute Gasteiger partial charge is 3.00 e. The summed E-state index contributed by atoms with van der Waals surface area (Å²) in [6.07, 6.45) is -2.06. The van der Waals surface area contributed by atoms with E-state index >= 15 is 0 Å². The van der Waals surface area contributed by atoms with Gasteiger partial charge in [0.25, 0.3) is 0 Å². The minimum absolute atomic E-state index is 0. The van der Waals surface area contributed by atoms with Gasteiger partial charge < -0.3 is 54.1 Å². The number of carboxylic acids is 3. The number of aliphatic hydroxyl groups excluding tert-OH is 2. The molecule has 328 valence electrons. The van der Waals surface area contributed by atoms with Crippen LogP contribution in [0.2, 0.25) is 0 Å². The molecular weight excluding hydrogens is 779 g/mol. The third kappa shape index (κ3) is 156. The van der Waals surface area contributed by atoms with Crippen LogP contribution in [-0.4, -0.2) is 130 Å². The summed E-state index contributed by atoms with van der Waals surface area (Å²) < 4.78 is 13.5. The zero-order valence-electron chi connectivity index (χ0n) is 35.3. The minimum Gasteiger partial charge on any atom is -0.550 e. The molecule has 0 aromatic rings. The molecule has 57 heavy (non-hydrogen) atoms. The Morgan fingerprint density at radius 3 is 0.561 bits per heavy atom. The molecule has 0 saturated carbocycles. The van der Waals surface area contributed by atoms with Gasteiger partial charge in [-0.15, -0.1) is 0 Å². The van der Waals surface area contributed by atoms with E-state index in [9.17, 15) is 72.9 Å². The Morgan fingerprint density at radius 1 is 0.386 bits per heavy atom. The zero-order chi connectivity index (χ0) is 46.6. The smallest absolute Gasteiger partial charge is 0.550 e. The van der Waals surface area contributed by atoms with Crippen molar-refractivity contribution < 1.29 is 97.3 Å². The first-order valence-electron chi connectivity index (χ1n) is 16.7. The van der Waals surface area contributed by atoms with Crippen LogP contribution < -0.4 is 15.3 Å². The van der Waals surface area contributed by atoms with Crippen molar-refractivity contribution in [2.45, 2.75) is 141 Å². The number of rotatable bonds is 15. The van der Waals surface area contributed by atoms with Gasteiger partial charge in [0.05, 0.1) is 19.8 Å². The topological polar surface area (TPSA) is 342 Å². The van der Waals surface area contributed by atoms with Crippen molar-refractivity contribution in [2.24, 2.45) is 0 Å². The van der Waals surface area contributed by atoms with Crippen LogP contribution in [0.15, 0.2) is 0 Å². The van der Waals surface area contributed by atoms with Crippen molar-refractivity contribution >= 4 is 87.9 Å². The predicted molar refractivity (Wildman–Crippen MR) is 197 cm³/mol. The van der Waals surface area contributed by atoms with Crippen molar-refractivity contribution in [3.63, 3.8) is 0 Å². The average Bonchev–Trinajstić information content (AvgIpc) is 2.91. The van der Waals surface area contributed by atoms with Crippen LogP contribution in [0, 0.1) is 0 Å². The summed E-state index contributed by atoms with van der Waals surface area (Å²) in [5.74, 6) is -6.86. The number of carbonyl (C=O) groups is 12. The Labute approximate surface area is 345 Å². The van der Waals surface area contributed by atoms with Gasteiger partial charge in [-0.1, -0.05) is 0 Å². The standard InChI is InChI=1S/3C6H10O3.3C4H6O3.2C3H8O.Al/c3*1-3-9-6(8)4-5(2)7;3*1-3(5)2-4(6)7;2*1-3(2)4;/h3*3-4H2,1-2H3;3*2H2,1H3,(H,6,7);2*3-4H,1-2H3;/q;;;;;;;;+3/p-3. The number of esters is 3. The van der Waals surface area contributed by atoms with E-state index in [0.29, 0.717) is 19.8 Å². The zero-order valence-corrected chi connectivity index (χ0v) is 36.5. The average molecular weight is 841 g/mol. The van der Waals surface area contributed by atoms with Gasteiger partial charge in [-0.25, -0.2) is 0 Å². The number of aliphatic carboxylic acids is 3. The summed E-state index contributed by atoms with van der Waals surface area (Å²) in [6, 6.07) is 0. The molecule has 0 aromatic heterocycles. The second kappa shape index (κ2) is 53.4. The molecule has 0 unspecified atom stereocenters. The Bertz CT molecular complexity index is 996. The van der Waals surface area contributed by atoms with Gasteiger partial charge in [-0.3, -0.25) is 43.2 Å². The molecule has 0 saturated heterocycles. The third-order valence-electron chi connectivity index (χ3n) is 3.28. The SMILES string of the molecule is CC(=O)CC(=O)[O-].CC(=O)CC(=O)[O-].CC(=O)CC(=O)[O-].CC(C)O.CC(C)O.CCOC(=O)CC(C)=O.CCOC(=O)CC(C)=O.CCOC(=O)CC(C)=O.[Al+3]. The molecule has 0 fully saturated rings. The van der Waals surface area contributed by atoms with Gasteiger partial charge in [0.15, 0.2) is 0 Å². The molecule has 0 atom stereocenters. The summed E-state index contributed by atoms with van der Waals surface area (Å²) in [4.78, 5) is 120. The summed E-state index contributed by atoms with van der Waals surface area (Å²) in [5.41, 5.74) is 0. The van der Waals surface area contributed by atoms with Crippen LogP contribution in [-0.2, 0) is 71.7 Å². The van der Waals surface area contributed by atoms with E-state index in [1.165, 1.54) is 41.5 Å². The van der Waals surface area contributed by atoms with Crippen LogP contribution in [0.25, 0.3) is 0 Å². The van der Waals surface area contributed by atoms with Crippen LogP contribution in [0.4, 0.5) is 0 Å². The van der Waals surface area contributed by atoms with Crippen LogP contribution in [0.3, 0.4) is 0 Å². The monoisotopic (exact) mass is 840 g/mol. The molecule has 0 rings (SSSR count). The number of aliphatic hydroxyl groups is 2. The molecule has 0 spiro atoms.